The number of hydrogen-bond donors (Lipinski definition) is 1. The highest BCUT2D eigenvalue weighted by atomic mass is 16.5. The van der Waals surface area contributed by atoms with E-state index >= 15 is 0 Å². The number of likely N-dealkylation sites (N-methyl/N-ethyl adjacent to an activating group) is 1. The molecule has 0 amide bonds. The SMILES string of the molecule is CCOc1ccc(OCC)c(NC2CC(C)N(C)C2)c1. The number of nitrogens with one attached hydrogen (secondary N) is 1. The first-order valence-electron chi connectivity index (χ1n) is 7.50. The first kappa shape index (κ1) is 15.0. The summed E-state index contributed by atoms with van der Waals surface area (Å²) in [6, 6.07) is 7.07. The van der Waals surface area contributed by atoms with Crippen LogP contribution in [0.5, 0.6) is 11.5 Å². The van der Waals surface area contributed by atoms with Gasteiger partial charge in [0.25, 0.3) is 0 Å². The summed E-state index contributed by atoms with van der Waals surface area (Å²) in [7, 11) is 2.17. The van der Waals surface area contributed by atoms with Gasteiger partial charge in [-0.05, 0) is 46.4 Å². The first-order valence-corrected chi connectivity index (χ1v) is 7.50. The van der Waals surface area contributed by atoms with E-state index in [1.54, 1.807) is 0 Å². The molecule has 1 heterocycles. The minimum atomic E-state index is 0.464. The predicted molar refractivity (Wildman–Crippen MR) is 82.9 cm³/mol. The van der Waals surface area contributed by atoms with Gasteiger partial charge in [-0.15, -0.1) is 0 Å². The third-order valence-corrected chi connectivity index (χ3v) is 3.81. The van der Waals surface area contributed by atoms with Crippen molar-refractivity contribution >= 4 is 5.69 Å². The van der Waals surface area contributed by atoms with Gasteiger partial charge < -0.3 is 19.7 Å². The van der Waals surface area contributed by atoms with Gasteiger partial charge in [0, 0.05) is 24.7 Å². The van der Waals surface area contributed by atoms with Crippen molar-refractivity contribution in [1.82, 2.24) is 4.90 Å². The molecule has 0 radical (unpaired) electrons. The van der Waals surface area contributed by atoms with Crippen LogP contribution in [0.3, 0.4) is 0 Å². The number of rotatable bonds is 6. The zero-order valence-corrected chi connectivity index (χ0v) is 13.0. The van der Waals surface area contributed by atoms with E-state index in [-0.39, 0.29) is 0 Å². The Morgan fingerprint density at radius 3 is 2.60 bits per heavy atom. The molecule has 1 N–H and O–H groups in total. The van der Waals surface area contributed by atoms with Crippen LogP contribution in [0.4, 0.5) is 5.69 Å². The van der Waals surface area contributed by atoms with E-state index in [9.17, 15) is 0 Å². The van der Waals surface area contributed by atoms with E-state index in [1.807, 2.05) is 32.0 Å². The van der Waals surface area contributed by atoms with Gasteiger partial charge in [0.15, 0.2) is 0 Å². The van der Waals surface area contributed by atoms with Gasteiger partial charge in [0.2, 0.25) is 0 Å². The molecule has 1 aromatic rings. The van der Waals surface area contributed by atoms with Crippen LogP contribution in [-0.2, 0) is 0 Å². The van der Waals surface area contributed by atoms with Crippen LogP contribution in [0.15, 0.2) is 18.2 Å². The quantitative estimate of drug-likeness (QED) is 0.867. The Bertz CT molecular complexity index is 426. The largest absolute Gasteiger partial charge is 0.494 e. The summed E-state index contributed by atoms with van der Waals surface area (Å²) in [5.41, 5.74) is 1.03. The lowest BCUT2D eigenvalue weighted by Crippen LogP contribution is -2.25. The fourth-order valence-electron chi connectivity index (χ4n) is 2.68. The predicted octanol–water partition coefficient (Wildman–Crippen LogP) is 2.99. The maximum atomic E-state index is 5.70. The number of likely N-dealkylation sites (tertiary alicyclic amines) is 1. The van der Waals surface area contributed by atoms with Crippen LogP contribution in [0.2, 0.25) is 0 Å². The fourth-order valence-corrected chi connectivity index (χ4v) is 2.68. The van der Waals surface area contributed by atoms with Crippen LogP contribution < -0.4 is 14.8 Å². The minimum Gasteiger partial charge on any atom is -0.494 e. The Labute approximate surface area is 122 Å². The summed E-state index contributed by atoms with van der Waals surface area (Å²) in [5, 5.41) is 3.61. The molecule has 0 saturated carbocycles. The van der Waals surface area contributed by atoms with E-state index in [0.717, 1.165) is 30.2 Å². The van der Waals surface area contributed by atoms with Gasteiger partial charge in [-0.2, -0.15) is 0 Å². The van der Waals surface area contributed by atoms with Crippen molar-refractivity contribution in [1.29, 1.82) is 0 Å². The molecule has 20 heavy (non-hydrogen) atoms. The topological polar surface area (TPSA) is 33.7 Å². The van der Waals surface area contributed by atoms with Crippen molar-refractivity contribution in [3.63, 3.8) is 0 Å². The molecular formula is C16H26N2O2. The van der Waals surface area contributed by atoms with Crippen molar-refractivity contribution < 1.29 is 9.47 Å². The number of benzene rings is 1. The second-order valence-electron chi connectivity index (χ2n) is 5.39. The standard InChI is InChI=1S/C16H26N2O2/c1-5-19-14-7-8-16(20-6-2)15(10-14)17-13-9-12(3)18(4)11-13/h7-8,10,12-13,17H,5-6,9,11H2,1-4H3. The molecule has 2 unspecified atom stereocenters. The average Bonchev–Trinajstić information content (AvgIpc) is 2.72. The van der Waals surface area contributed by atoms with Crippen LogP contribution >= 0.6 is 0 Å². The Balaban J connectivity index is 2.12. The number of nitrogens with zero attached hydrogens (tertiary/aromatic N) is 1. The third kappa shape index (κ3) is 3.57. The van der Waals surface area contributed by atoms with E-state index in [0.29, 0.717) is 25.3 Å². The molecule has 0 spiro atoms. The monoisotopic (exact) mass is 278 g/mol. The Hall–Kier alpha value is -1.42. The maximum absolute atomic E-state index is 5.70. The summed E-state index contributed by atoms with van der Waals surface area (Å²) in [5.74, 6) is 1.79. The molecule has 4 nitrogen and oxygen atoms in total. The lowest BCUT2D eigenvalue weighted by molar-refractivity contribution is 0.328. The molecule has 1 aromatic carbocycles. The molecule has 1 aliphatic heterocycles. The fraction of sp³-hybridized carbons (Fsp3) is 0.625. The molecule has 1 fully saturated rings. The summed E-state index contributed by atoms with van der Waals surface area (Å²) in [4.78, 5) is 2.38. The van der Waals surface area contributed by atoms with Crippen molar-refractivity contribution in [2.45, 2.75) is 39.3 Å². The zero-order chi connectivity index (χ0) is 14.5. The average molecular weight is 278 g/mol. The lowest BCUT2D eigenvalue weighted by atomic mass is 10.1. The molecule has 112 valence electrons. The normalized spacial score (nSPS) is 22.8. The van der Waals surface area contributed by atoms with Crippen molar-refractivity contribution in [2.75, 3.05) is 32.1 Å². The molecule has 0 bridgehead atoms. The van der Waals surface area contributed by atoms with Gasteiger partial charge in [-0.3, -0.25) is 0 Å². The number of hydrogen-bond acceptors (Lipinski definition) is 4. The van der Waals surface area contributed by atoms with Gasteiger partial charge in [-0.25, -0.2) is 0 Å². The van der Waals surface area contributed by atoms with Gasteiger partial charge in [0.05, 0.1) is 18.9 Å². The van der Waals surface area contributed by atoms with E-state index in [4.69, 9.17) is 9.47 Å². The summed E-state index contributed by atoms with van der Waals surface area (Å²) >= 11 is 0. The van der Waals surface area contributed by atoms with Gasteiger partial charge >= 0.3 is 0 Å². The van der Waals surface area contributed by atoms with Crippen LogP contribution in [-0.4, -0.2) is 43.8 Å². The first-order chi connectivity index (χ1) is 9.63. The maximum Gasteiger partial charge on any atom is 0.142 e. The molecule has 4 heteroatoms. The zero-order valence-electron chi connectivity index (χ0n) is 13.0. The Morgan fingerprint density at radius 1 is 1.25 bits per heavy atom. The molecule has 0 aliphatic carbocycles. The summed E-state index contributed by atoms with van der Waals surface area (Å²) in [6.45, 7) is 8.68. The highest BCUT2D eigenvalue weighted by Crippen LogP contribution is 2.31. The van der Waals surface area contributed by atoms with E-state index in [2.05, 4.69) is 24.2 Å². The number of anilines is 1. The lowest BCUT2D eigenvalue weighted by Gasteiger charge is -2.18. The second kappa shape index (κ2) is 6.84. The summed E-state index contributed by atoms with van der Waals surface area (Å²) < 4.78 is 11.3. The van der Waals surface area contributed by atoms with E-state index < -0.39 is 0 Å². The Kier molecular flexibility index (Phi) is 5.12. The van der Waals surface area contributed by atoms with Gasteiger partial charge in [-0.1, -0.05) is 0 Å². The smallest absolute Gasteiger partial charge is 0.142 e. The molecule has 1 aliphatic rings. The molecule has 0 aromatic heterocycles. The highest BCUT2D eigenvalue weighted by molar-refractivity contribution is 5.60. The second-order valence-corrected chi connectivity index (χ2v) is 5.39. The van der Waals surface area contributed by atoms with Gasteiger partial charge in [0.1, 0.15) is 11.5 Å². The van der Waals surface area contributed by atoms with Crippen molar-refractivity contribution in [3.8, 4) is 11.5 Å². The van der Waals surface area contributed by atoms with Crippen LogP contribution in [0, 0.1) is 0 Å². The van der Waals surface area contributed by atoms with E-state index in [1.165, 1.54) is 0 Å². The molecular weight excluding hydrogens is 252 g/mol. The number of ether oxygens (including phenoxy) is 2. The summed E-state index contributed by atoms with van der Waals surface area (Å²) in [6.07, 6.45) is 1.15. The van der Waals surface area contributed by atoms with Crippen molar-refractivity contribution in [3.05, 3.63) is 18.2 Å². The minimum absolute atomic E-state index is 0.464. The molecule has 1 saturated heterocycles. The molecule has 2 atom stereocenters. The third-order valence-electron chi connectivity index (χ3n) is 3.81. The van der Waals surface area contributed by atoms with Crippen molar-refractivity contribution in [2.24, 2.45) is 0 Å². The highest BCUT2D eigenvalue weighted by Gasteiger charge is 2.26. The van der Waals surface area contributed by atoms with Crippen LogP contribution in [0.1, 0.15) is 27.2 Å². The molecule has 2 rings (SSSR count). The Morgan fingerprint density at radius 2 is 2.00 bits per heavy atom. The van der Waals surface area contributed by atoms with Crippen LogP contribution in [0.25, 0.3) is 0 Å².